The first-order chi connectivity index (χ1) is 16.3. The summed E-state index contributed by atoms with van der Waals surface area (Å²) in [5, 5.41) is 2.72. The van der Waals surface area contributed by atoms with Gasteiger partial charge in [-0.25, -0.2) is 31.6 Å². The summed E-state index contributed by atoms with van der Waals surface area (Å²) in [5.41, 5.74) is 0.888. The molecule has 1 aromatic carbocycles. The average molecular weight is 489 g/mol. The molecule has 1 N–H and O–H groups in total. The van der Waals surface area contributed by atoms with Gasteiger partial charge in [0.25, 0.3) is 6.43 Å². The van der Waals surface area contributed by atoms with E-state index in [9.17, 15) is 21.6 Å². The molecule has 1 aliphatic heterocycles. The molecular formula is C22H18F3N5O3S. The summed E-state index contributed by atoms with van der Waals surface area (Å²) in [4.78, 5) is 12.1. The van der Waals surface area contributed by atoms with Gasteiger partial charge >= 0.3 is 0 Å². The first kappa shape index (κ1) is 22.1. The Labute approximate surface area is 192 Å². The lowest BCUT2D eigenvalue weighted by Gasteiger charge is -2.14. The zero-order valence-corrected chi connectivity index (χ0v) is 18.6. The number of halogens is 3. The molecule has 4 heterocycles. The van der Waals surface area contributed by atoms with E-state index in [1.807, 2.05) is 0 Å². The number of aromatic nitrogens is 4. The number of hydrogen-bond donors (Lipinski definition) is 1. The molecule has 0 aliphatic carbocycles. The van der Waals surface area contributed by atoms with Crippen molar-refractivity contribution in [2.24, 2.45) is 0 Å². The van der Waals surface area contributed by atoms with Gasteiger partial charge in [-0.1, -0.05) is 6.07 Å². The molecule has 8 nitrogen and oxygen atoms in total. The second-order valence-corrected chi connectivity index (χ2v) is 9.66. The van der Waals surface area contributed by atoms with Crippen LogP contribution in [0.2, 0.25) is 0 Å². The van der Waals surface area contributed by atoms with E-state index in [4.69, 9.17) is 4.74 Å². The van der Waals surface area contributed by atoms with Gasteiger partial charge in [-0.3, -0.25) is 9.38 Å². The summed E-state index contributed by atoms with van der Waals surface area (Å²) in [6.45, 7) is 0.501. The van der Waals surface area contributed by atoms with Gasteiger partial charge in [0.2, 0.25) is 5.95 Å². The highest BCUT2D eigenvalue weighted by molar-refractivity contribution is 7.90. The first-order valence-electron chi connectivity index (χ1n) is 10.2. The Kier molecular flexibility index (Phi) is 5.39. The van der Waals surface area contributed by atoms with Crippen molar-refractivity contribution in [3.63, 3.8) is 0 Å². The molecule has 0 spiro atoms. The molecule has 0 saturated heterocycles. The fraction of sp³-hybridized carbons (Fsp3) is 0.227. The Morgan fingerprint density at radius 3 is 2.76 bits per heavy atom. The molecule has 0 saturated carbocycles. The maximum Gasteiger partial charge on any atom is 0.280 e. The molecule has 176 valence electrons. The van der Waals surface area contributed by atoms with Gasteiger partial charge in [-0.05, 0) is 18.2 Å². The van der Waals surface area contributed by atoms with Gasteiger partial charge in [0.15, 0.2) is 14.9 Å². The fourth-order valence-electron chi connectivity index (χ4n) is 4.08. The van der Waals surface area contributed by atoms with Crippen LogP contribution in [0.5, 0.6) is 5.75 Å². The van der Waals surface area contributed by atoms with Crippen LogP contribution in [0, 0.1) is 5.82 Å². The Bertz CT molecular complexity index is 1520. The molecule has 5 rings (SSSR count). The van der Waals surface area contributed by atoms with Crippen molar-refractivity contribution in [2.75, 3.05) is 18.2 Å². The molecule has 0 radical (unpaired) electrons. The number of rotatable bonds is 6. The number of nitrogens with one attached hydrogen (secondary N) is 1. The highest BCUT2D eigenvalue weighted by Crippen LogP contribution is 2.35. The van der Waals surface area contributed by atoms with Crippen LogP contribution in [0.15, 0.2) is 48.0 Å². The maximum atomic E-state index is 14.5. The third-order valence-corrected chi connectivity index (χ3v) is 6.58. The van der Waals surface area contributed by atoms with Gasteiger partial charge in [-0.2, -0.15) is 0 Å². The molecule has 4 aromatic rings. The predicted molar refractivity (Wildman–Crippen MR) is 117 cm³/mol. The van der Waals surface area contributed by atoms with Gasteiger partial charge < -0.3 is 10.1 Å². The van der Waals surface area contributed by atoms with E-state index in [1.165, 1.54) is 41.3 Å². The van der Waals surface area contributed by atoms with E-state index in [0.29, 0.717) is 24.3 Å². The number of pyridine rings is 1. The zero-order chi connectivity index (χ0) is 24.0. The van der Waals surface area contributed by atoms with Crippen molar-refractivity contribution in [2.45, 2.75) is 24.4 Å². The largest absolute Gasteiger partial charge is 0.493 e. The number of hydrogen-bond acceptors (Lipinski definition) is 7. The van der Waals surface area contributed by atoms with Crippen LogP contribution >= 0.6 is 0 Å². The standard InChI is InChI=1S/C22H18F3N5O3S/c1-34(31,32)21-19-15(13-3-2-7-26-18(13)20(24)25)10-28-22(30(19)11-29-21)27-9-14-12-6-8-33-17(12)5-4-16(14)23/h2-5,7,10-11,20H,6,8-9H2,1H3,(H,27,28). The smallest absolute Gasteiger partial charge is 0.280 e. The highest BCUT2D eigenvalue weighted by atomic mass is 32.2. The number of alkyl halides is 2. The van der Waals surface area contributed by atoms with Crippen molar-refractivity contribution >= 4 is 21.3 Å². The molecule has 34 heavy (non-hydrogen) atoms. The lowest BCUT2D eigenvalue weighted by Crippen LogP contribution is -2.10. The first-order valence-corrected chi connectivity index (χ1v) is 12.1. The van der Waals surface area contributed by atoms with Crippen LogP contribution in [0.25, 0.3) is 16.6 Å². The minimum absolute atomic E-state index is 0.0380. The van der Waals surface area contributed by atoms with Crippen LogP contribution in [-0.2, 0) is 22.8 Å². The molecule has 0 amide bonds. The summed E-state index contributed by atoms with van der Waals surface area (Å²) in [6, 6.07) is 5.79. The van der Waals surface area contributed by atoms with Crippen LogP contribution < -0.4 is 10.1 Å². The van der Waals surface area contributed by atoms with Crippen molar-refractivity contribution in [1.82, 2.24) is 19.4 Å². The van der Waals surface area contributed by atoms with E-state index in [0.717, 1.165) is 11.8 Å². The summed E-state index contributed by atoms with van der Waals surface area (Å²) in [7, 11) is -3.82. The van der Waals surface area contributed by atoms with Gasteiger partial charge in [0, 0.05) is 53.9 Å². The number of anilines is 1. The van der Waals surface area contributed by atoms with Crippen molar-refractivity contribution in [3.8, 4) is 16.9 Å². The van der Waals surface area contributed by atoms with E-state index in [-0.39, 0.29) is 34.2 Å². The zero-order valence-electron chi connectivity index (χ0n) is 17.8. The predicted octanol–water partition coefficient (Wildman–Crippen LogP) is 3.82. The second kappa shape index (κ2) is 8.28. The Hall–Kier alpha value is -3.67. The molecule has 0 atom stereocenters. The topological polar surface area (TPSA) is 98.5 Å². The molecule has 0 fully saturated rings. The Morgan fingerprint density at radius 1 is 1.18 bits per heavy atom. The minimum Gasteiger partial charge on any atom is -0.493 e. The lowest BCUT2D eigenvalue weighted by molar-refractivity contribution is 0.147. The summed E-state index contributed by atoms with van der Waals surface area (Å²) in [5.74, 6) is 0.369. The van der Waals surface area contributed by atoms with E-state index >= 15 is 0 Å². The third kappa shape index (κ3) is 3.73. The number of fused-ring (bicyclic) bond motifs is 2. The van der Waals surface area contributed by atoms with E-state index in [1.54, 1.807) is 6.07 Å². The lowest BCUT2D eigenvalue weighted by atomic mass is 10.0. The summed E-state index contributed by atoms with van der Waals surface area (Å²) >= 11 is 0. The fourth-order valence-corrected chi connectivity index (χ4v) is 4.88. The summed E-state index contributed by atoms with van der Waals surface area (Å²) < 4.78 is 73.5. The molecule has 3 aromatic heterocycles. The highest BCUT2D eigenvalue weighted by Gasteiger charge is 2.25. The minimum atomic E-state index is -3.82. The van der Waals surface area contributed by atoms with E-state index < -0.39 is 27.8 Å². The molecule has 0 bridgehead atoms. The Morgan fingerprint density at radius 2 is 2.00 bits per heavy atom. The van der Waals surface area contributed by atoms with Crippen LogP contribution in [0.3, 0.4) is 0 Å². The molecule has 1 aliphatic rings. The number of ether oxygens (including phenoxy) is 1. The summed E-state index contributed by atoms with van der Waals surface area (Å²) in [6.07, 6.45) is 2.41. The van der Waals surface area contributed by atoms with Crippen LogP contribution in [0.1, 0.15) is 23.2 Å². The van der Waals surface area contributed by atoms with E-state index in [2.05, 4.69) is 20.3 Å². The van der Waals surface area contributed by atoms with Gasteiger partial charge in [0.1, 0.15) is 23.6 Å². The van der Waals surface area contributed by atoms with Crippen molar-refractivity contribution in [1.29, 1.82) is 0 Å². The normalized spacial score (nSPS) is 13.3. The molecular weight excluding hydrogens is 471 g/mol. The van der Waals surface area contributed by atoms with Crippen molar-refractivity contribution < 1.29 is 26.3 Å². The molecule has 12 heteroatoms. The monoisotopic (exact) mass is 489 g/mol. The number of imidazole rings is 1. The number of nitrogens with zero attached hydrogens (tertiary/aromatic N) is 4. The van der Waals surface area contributed by atoms with Gasteiger partial charge in [-0.15, -0.1) is 0 Å². The Balaban J connectivity index is 1.64. The molecule has 0 unspecified atom stereocenters. The quantitative estimate of drug-likeness (QED) is 0.440. The number of sulfone groups is 1. The van der Waals surface area contributed by atoms with Crippen LogP contribution in [-0.4, -0.2) is 40.6 Å². The van der Waals surface area contributed by atoms with Crippen LogP contribution in [0.4, 0.5) is 19.1 Å². The van der Waals surface area contributed by atoms with Crippen molar-refractivity contribution in [3.05, 3.63) is 65.6 Å². The second-order valence-electron chi connectivity index (χ2n) is 7.73. The van der Waals surface area contributed by atoms with Gasteiger partial charge in [0.05, 0.1) is 12.1 Å². The third-order valence-electron chi connectivity index (χ3n) is 5.58. The SMILES string of the molecule is CS(=O)(=O)c1ncn2c(NCc3c(F)ccc4c3CCO4)ncc(-c3cccnc3C(F)F)c12. The maximum absolute atomic E-state index is 14.5. The average Bonchev–Trinajstić information content (AvgIpc) is 3.46. The number of benzene rings is 1.